The summed E-state index contributed by atoms with van der Waals surface area (Å²) >= 11 is 1.13. The van der Waals surface area contributed by atoms with Crippen LogP contribution in [0, 0.1) is 0 Å². The van der Waals surface area contributed by atoms with Crippen molar-refractivity contribution in [2.24, 2.45) is 4.99 Å². The molecule has 0 aliphatic carbocycles. The zero-order valence-electron chi connectivity index (χ0n) is 19.7. The number of aliphatic imine (C=N–C) groups is 1. The van der Waals surface area contributed by atoms with E-state index >= 15 is 0 Å². The molecule has 12 heteroatoms. The Labute approximate surface area is 221 Å². The maximum atomic E-state index is 12.5. The summed E-state index contributed by atoms with van der Waals surface area (Å²) in [6.45, 7) is 1.79. The molecule has 0 spiro atoms. The van der Waals surface area contributed by atoms with E-state index in [0.29, 0.717) is 15.8 Å². The maximum absolute atomic E-state index is 12.5. The summed E-state index contributed by atoms with van der Waals surface area (Å²) in [4.78, 5) is 19.5. The second kappa shape index (κ2) is 10.2. The molecule has 2 N–H and O–H groups in total. The Morgan fingerprint density at radius 3 is 2.34 bits per heavy atom. The van der Waals surface area contributed by atoms with Gasteiger partial charge in [-0.3, -0.25) is 9.52 Å². The van der Waals surface area contributed by atoms with Crippen LogP contribution in [0.3, 0.4) is 0 Å². The van der Waals surface area contributed by atoms with Crippen molar-refractivity contribution >= 4 is 56.0 Å². The highest BCUT2D eigenvalue weighted by atomic mass is 32.2. The number of carbonyl (C=O) groups is 1. The lowest BCUT2D eigenvalue weighted by Crippen LogP contribution is -2.30. The quantitative estimate of drug-likeness (QED) is 0.409. The summed E-state index contributed by atoms with van der Waals surface area (Å²) in [6.07, 6.45) is 2.75. The number of fused-ring (bicyclic) bond motifs is 1. The first kappa shape index (κ1) is 25.9. The molecule has 0 aromatic heterocycles. The van der Waals surface area contributed by atoms with Crippen LogP contribution in [-0.2, 0) is 27.8 Å². The number of rotatable bonds is 5. The van der Waals surface area contributed by atoms with Crippen molar-refractivity contribution in [2.45, 2.75) is 18.5 Å². The van der Waals surface area contributed by atoms with E-state index < -0.39 is 15.5 Å². The molecule has 5 rings (SSSR count). The lowest BCUT2D eigenvalue weighted by atomic mass is 9.99. The van der Waals surface area contributed by atoms with Crippen molar-refractivity contribution < 1.29 is 26.4 Å². The van der Waals surface area contributed by atoms with Crippen molar-refractivity contribution in [3.8, 4) is 0 Å². The predicted molar refractivity (Wildman–Crippen MR) is 143 cm³/mol. The van der Waals surface area contributed by atoms with Crippen LogP contribution in [0.25, 0.3) is 6.08 Å². The van der Waals surface area contributed by atoms with Gasteiger partial charge in [-0.15, -0.1) is 0 Å². The Balaban J connectivity index is 1.24. The fraction of sp³-hybridized carbons (Fsp3) is 0.154. The predicted octanol–water partition coefficient (Wildman–Crippen LogP) is 5.40. The van der Waals surface area contributed by atoms with Gasteiger partial charge in [0.25, 0.3) is 5.91 Å². The number of benzene rings is 3. The fourth-order valence-corrected chi connectivity index (χ4v) is 5.47. The minimum Gasteiger partial charge on any atom is -0.367 e. The smallest absolute Gasteiger partial charge is 0.367 e. The molecule has 2 aliphatic rings. The summed E-state index contributed by atoms with van der Waals surface area (Å²) in [5.41, 5.74) is -0.676. The van der Waals surface area contributed by atoms with Crippen LogP contribution in [0.1, 0.15) is 16.7 Å². The van der Waals surface area contributed by atoms with Crippen LogP contribution < -0.4 is 14.9 Å². The monoisotopic (exact) mass is 558 g/mol. The van der Waals surface area contributed by atoms with Crippen molar-refractivity contribution in [3.63, 3.8) is 0 Å². The molecular weight excluding hydrogens is 537 g/mol. The molecule has 3 aromatic rings. The topological polar surface area (TPSA) is 90.9 Å². The number of alkyl halides is 3. The minimum atomic E-state index is -5.51. The van der Waals surface area contributed by atoms with Crippen molar-refractivity contribution in [2.75, 3.05) is 16.2 Å². The number of hydrogen-bond donors (Lipinski definition) is 2. The Kier molecular flexibility index (Phi) is 6.93. The second-order valence-corrected chi connectivity index (χ2v) is 11.3. The summed E-state index contributed by atoms with van der Waals surface area (Å²) in [5.74, 6) is -0.319. The van der Waals surface area contributed by atoms with E-state index in [9.17, 15) is 26.4 Å². The molecule has 2 aliphatic heterocycles. The lowest BCUT2D eigenvalue weighted by molar-refractivity contribution is -0.115. The number of sulfonamides is 1. The highest BCUT2D eigenvalue weighted by molar-refractivity contribution is 8.18. The first-order valence-corrected chi connectivity index (χ1v) is 13.8. The Morgan fingerprint density at radius 1 is 0.974 bits per heavy atom. The number of hydrogen-bond acceptors (Lipinski definition) is 6. The molecule has 7 nitrogen and oxygen atoms in total. The average Bonchev–Trinajstić information content (AvgIpc) is 3.22. The van der Waals surface area contributed by atoms with Gasteiger partial charge >= 0.3 is 15.5 Å². The number of thioether (sulfide) groups is 1. The van der Waals surface area contributed by atoms with Crippen LogP contribution in [-0.4, -0.2) is 31.5 Å². The van der Waals surface area contributed by atoms with Crippen LogP contribution in [0.4, 0.5) is 30.2 Å². The fourth-order valence-electron chi connectivity index (χ4n) is 4.06. The van der Waals surface area contributed by atoms with Crippen LogP contribution in [0.5, 0.6) is 0 Å². The van der Waals surface area contributed by atoms with Crippen molar-refractivity contribution in [1.82, 2.24) is 5.32 Å². The minimum absolute atomic E-state index is 0.257. The molecule has 38 heavy (non-hydrogen) atoms. The number of anilines is 2. The zero-order chi connectivity index (χ0) is 26.9. The van der Waals surface area contributed by atoms with Crippen LogP contribution in [0.2, 0.25) is 0 Å². The van der Waals surface area contributed by atoms with E-state index in [1.165, 1.54) is 28.0 Å². The van der Waals surface area contributed by atoms with E-state index in [-0.39, 0.29) is 11.6 Å². The first-order chi connectivity index (χ1) is 18.1. The molecule has 196 valence electrons. The number of amides is 1. The number of carbonyl (C=O) groups excluding carboxylic acids is 1. The molecule has 0 unspecified atom stereocenters. The summed E-state index contributed by atoms with van der Waals surface area (Å²) in [5, 5.41) is 2.95. The van der Waals surface area contributed by atoms with Gasteiger partial charge < -0.3 is 10.2 Å². The third-order valence-electron chi connectivity index (χ3n) is 5.99. The van der Waals surface area contributed by atoms with E-state index in [1.54, 1.807) is 6.08 Å². The maximum Gasteiger partial charge on any atom is 0.516 e. The average molecular weight is 559 g/mol. The Hall–Kier alpha value is -3.77. The number of amidine groups is 1. The van der Waals surface area contributed by atoms with Gasteiger partial charge in [-0.1, -0.05) is 36.4 Å². The molecular formula is C26H21F3N4O3S2. The van der Waals surface area contributed by atoms with Gasteiger partial charge in [0.05, 0.1) is 10.6 Å². The van der Waals surface area contributed by atoms with E-state index in [0.717, 1.165) is 54.7 Å². The summed E-state index contributed by atoms with van der Waals surface area (Å²) < 4.78 is 61.5. The molecule has 2 heterocycles. The summed E-state index contributed by atoms with van der Waals surface area (Å²) in [7, 11) is -5.51. The number of nitrogens with zero attached hydrogens (tertiary/aromatic N) is 2. The van der Waals surface area contributed by atoms with Crippen molar-refractivity contribution in [3.05, 3.63) is 94.4 Å². The van der Waals surface area contributed by atoms with E-state index in [2.05, 4.69) is 39.5 Å². The largest absolute Gasteiger partial charge is 0.516 e. The molecule has 3 aromatic carbocycles. The second-order valence-electron chi connectivity index (χ2n) is 8.61. The molecule has 0 saturated carbocycles. The molecule has 1 amide bonds. The Bertz CT molecular complexity index is 1540. The summed E-state index contributed by atoms with van der Waals surface area (Å²) in [6, 6.07) is 21.4. The molecule has 1 fully saturated rings. The van der Waals surface area contributed by atoms with Crippen molar-refractivity contribution in [1.29, 1.82) is 0 Å². The van der Waals surface area contributed by atoms with Gasteiger partial charge in [-0.25, -0.2) is 4.99 Å². The normalized spacial score (nSPS) is 18.0. The molecule has 0 radical (unpaired) electrons. The number of halogens is 3. The molecule has 0 bridgehead atoms. The standard InChI is InChI=1S/C26H21F3N4O3S2/c27-26(28,29)38(35,36)32-21-9-7-20(8-10-21)30-25-31-24(34)23(37-25)15-17-5-11-22(12-6-17)33-14-13-18-3-1-2-4-19(18)16-33/h1-12,15,32H,13-14,16H2,(H,30,31,34)/b23-15+. The SMILES string of the molecule is O=C1NC(=Nc2ccc(NS(=O)(=O)C(F)(F)F)cc2)S/C1=C/c1ccc(N2CCc3ccccc3C2)cc1. The lowest BCUT2D eigenvalue weighted by Gasteiger charge is -2.30. The first-order valence-electron chi connectivity index (χ1n) is 11.5. The highest BCUT2D eigenvalue weighted by Gasteiger charge is 2.46. The Morgan fingerprint density at radius 2 is 1.66 bits per heavy atom. The van der Waals surface area contributed by atoms with Gasteiger partial charge in [0.15, 0.2) is 5.17 Å². The van der Waals surface area contributed by atoms with Gasteiger partial charge in [0.1, 0.15) is 0 Å². The van der Waals surface area contributed by atoms with Gasteiger partial charge in [-0.05, 0) is 77.3 Å². The number of nitrogens with one attached hydrogen (secondary N) is 2. The third kappa shape index (κ3) is 5.70. The van der Waals surface area contributed by atoms with Crippen LogP contribution >= 0.6 is 11.8 Å². The van der Waals surface area contributed by atoms with Gasteiger partial charge in [-0.2, -0.15) is 21.6 Å². The third-order valence-corrected chi connectivity index (χ3v) is 8.02. The molecule has 0 atom stereocenters. The van der Waals surface area contributed by atoms with Crippen LogP contribution in [0.15, 0.2) is 82.7 Å². The molecule has 1 saturated heterocycles. The highest BCUT2D eigenvalue weighted by Crippen LogP contribution is 2.31. The van der Waals surface area contributed by atoms with Gasteiger partial charge in [0.2, 0.25) is 0 Å². The van der Waals surface area contributed by atoms with E-state index in [4.69, 9.17) is 0 Å². The van der Waals surface area contributed by atoms with E-state index in [1.807, 2.05) is 24.3 Å². The van der Waals surface area contributed by atoms with Gasteiger partial charge in [0, 0.05) is 24.5 Å². The zero-order valence-corrected chi connectivity index (χ0v) is 21.3.